The van der Waals surface area contributed by atoms with Gasteiger partial charge in [0.15, 0.2) is 0 Å². The lowest BCUT2D eigenvalue weighted by molar-refractivity contribution is 0.550. The molecule has 6 heteroatoms. The predicted octanol–water partition coefficient (Wildman–Crippen LogP) is 4.04. The molecule has 0 saturated heterocycles. The van der Waals surface area contributed by atoms with Crippen LogP contribution in [0.2, 0.25) is 5.02 Å². The van der Waals surface area contributed by atoms with Crippen LogP contribution in [0.3, 0.4) is 0 Å². The molecule has 1 N–H and O–H groups in total. The first-order chi connectivity index (χ1) is 9.54. The summed E-state index contributed by atoms with van der Waals surface area (Å²) in [5.41, 5.74) is 1.19. The van der Waals surface area contributed by atoms with Crippen LogP contribution in [0.15, 0.2) is 28.9 Å². The van der Waals surface area contributed by atoms with Crippen LogP contribution in [0.1, 0.15) is 30.0 Å². The fourth-order valence-corrected chi connectivity index (χ4v) is 2.46. The highest BCUT2D eigenvalue weighted by molar-refractivity contribution is 9.10. The second-order valence-electron chi connectivity index (χ2n) is 4.28. The third kappa shape index (κ3) is 3.16. The Labute approximate surface area is 130 Å². The van der Waals surface area contributed by atoms with E-state index < -0.39 is 5.82 Å². The topological polar surface area (TPSA) is 37.8 Å². The molecule has 0 radical (unpaired) electrons. The van der Waals surface area contributed by atoms with Crippen molar-refractivity contribution >= 4 is 27.5 Å². The van der Waals surface area contributed by atoms with E-state index in [9.17, 15) is 4.39 Å². The summed E-state index contributed by atoms with van der Waals surface area (Å²) < 4.78 is 14.9. The second kappa shape index (κ2) is 6.61. The van der Waals surface area contributed by atoms with Crippen molar-refractivity contribution in [3.8, 4) is 0 Å². The molecule has 1 aromatic carbocycles. The van der Waals surface area contributed by atoms with E-state index in [0.717, 1.165) is 5.69 Å². The molecule has 0 bridgehead atoms. The van der Waals surface area contributed by atoms with Crippen LogP contribution < -0.4 is 5.32 Å². The van der Waals surface area contributed by atoms with Crippen molar-refractivity contribution in [2.75, 3.05) is 6.54 Å². The Bertz CT molecular complexity index is 621. The molecular weight excluding hydrogens is 345 g/mol. The van der Waals surface area contributed by atoms with Gasteiger partial charge in [0.2, 0.25) is 0 Å². The quantitative estimate of drug-likeness (QED) is 0.838. The smallest absolute Gasteiger partial charge is 0.148 e. The van der Waals surface area contributed by atoms with Crippen LogP contribution in [-0.2, 0) is 0 Å². The lowest BCUT2D eigenvalue weighted by atomic mass is 10.0. The Hall–Kier alpha value is -1.04. The van der Waals surface area contributed by atoms with Gasteiger partial charge in [-0.3, -0.25) is 0 Å². The van der Waals surface area contributed by atoms with Gasteiger partial charge in [-0.25, -0.2) is 14.4 Å². The van der Waals surface area contributed by atoms with Crippen molar-refractivity contribution in [3.63, 3.8) is 0 Å². The van der Waals surface area contributed by atoms with Gasteiger partial charge >= 0.3 is 0 Å². The molecule has 0 spiro atoms. The predicted molar refractivity (Wildman–Crippen MR) is 81.4 cm³/mol. The standard InChI is InChI=1S/C14H14BrClFN3/c1-3-18-14(11-6-7-19-8(2)20-11)9-4-5-10(15)12(16)13(9)17/h4-7,14,18H,3H2,1-2H3. The van der Waals surface area contributed by atoms with E-state index in [2.05, 4.69) is 31.2 Å². The van der Waals surface area contributed by atoms with Crippen LogP contribution in [0.4, 0.5) is 4.39 Å². The van der Waals surface area contributed by atoms with E-state index in [0.29, 0.717) is 22.4 Å². The largest absolute Gasteiger partial charge is 0.305 e. The molecule has 1 atom stereocenters. The van der Waals surface area contributed by atoms with Crippen LogP contribution in [0, 0.1) is 12.7 Å². The maximum absolute atomic E-state index is 14.4. The summed E-state index contributed by atoms with van der Waals surface area (Å²) in [5.74, 6) is 0.206. The molecule has 0 aliphatic heterocycles. The first-order valence-corrected chi connectivity index (χ1v) is 7.38. The third-order valence-electron chi connectivity index (χ3n) is 2.88. The molecule has 2 aromatic rings. The maximum atomic E-state index is 14.4. The number of halogens is 3. The number of hydrogen-bond acceptors (Lipinski definition) is 3. The van der Waals surface area contributed by atoms with Crippen LogP contribution in [0.5, 0.6) is 0 Å². The average molecular weight is 359 g/mol. The Kier molecular flexibility index (Phi) is 5.07. The van der Waals surface area contributed by atoms with Crippen molar-refractivity contribution in [2.24, 2.45) is 0 Å². The van der Waals surface area contributed by atoms with E-state index in [1.807, 2.05) is 6.92 Å². The molecule has 106 valence electrons. The summed E-state index contributed by atoms with van der Waals surface area (Å²) in [7, 11) is 0. The maximum Gasteiger partial charge on any atom is 0.148 e. The van der Waals surface area contributed by atoms with E-state index in [-0.39, 0.29) is 11.1 Å². The lowest BCUT2D eigenvalue weighted by Gasteiger charge is -2.19. The molecule has 0 aliphatic rings. The zero-order valence-corrected chi connectivity index (χ0v) is 13.5. The van der Waals surface area contributed by atoms with Crippen LogP contribution >= 0.6 is 27.5 Å². The zero-order valence-electron chi connectivity index (χ0n) is 11.1. The van der Waals surface area contributed by atoms with Gasteiger partial charge in [-0.15, -0.1) is 0 Å². The molecular formula is C14H14BrClFN3. The molecule has 20 heavy (non-hydrogen) atoms. The van der Waals surface area contributed by atoms with Gasteiger partial charge in [-0.05, 0) is 41.5 Å². The monoisotopic (exact) mass is 357 g/mol. The molecule has 0 fully saturated rings. The van der Waals surface area contributed by atoms with Crippen molar-refractivity contribution in [3.05, 3.63) is 56.8 Å². The summed E-state index contributed by atoms with van der Waals surface area (Å²) in [4.78, 5) is 8.43. The van der Waals surface area contributed by atoms with E-state index >= 15 is 0 Å². The Balaban J connectivity index is 2.51. The van der Waals surface area contributed by atoms with E-state index in [4.69, 9.17) is 11.6 Å². The number of nitrogens with zero attached hydrogens (tertiary/aromatic N) is 2. The van der Waals surface area contributed by atoms with Crippen molar-refractivity contribution < 1.29 is 4.39 Å². The Morgan fingerprint density at radius 1 is 1.40 bits per heavy atom. The molecule has 0 aliphatic carbocycles. The molecule has 1 aromatic heterocycles. The molecule has 1 unspecified atom stereocenters. The normalized spacial score (nSPS) is 12.4. The number of benzene rings is 1. The second-order valence-corrected chi connectivity index (χ2v) is 5.52. The minimum absolute atomic E-state index is 0.0798. The number of hydrogen-bond donors (Lipinski definition) is 1. The average Bonchev–Trinajstić information content (AvgIpc) is 2.43. The lowest BCUT2D eigenvalue weighted by Crippen LogP contribution is -2.24. The van der Waals surface area contributed by atoms with Gasteiger partial charge in [-0.1, -0.05) is 24.6 Å². The third-order valence-corrected chi connectivity index (χ3v) is 4.14. The van der Waals surface area contributed by atoms with Gasteiger partial charge in [-0.2, -0.15) is 0 Å². The minimum atomic E-state index is -0.441. The fourth-order valence-electron chi connectivity index (χ4n) is 1.98. The van der Waals surface area contributed by atoms with Gasteiger partial charge in [0.25, 0.3) is 0 Å². The summed E-state index contributed by atoms with van der Waals surface area (Å²) >= 11 is 9.18. The number of rotatable bonds is 4. The van der Waals surface area contributed by atoms with Gasteiger partial charge in [0.1, 0.15) is 11.6 Å². The van der Waals surface area contributed by atoms with Crippen molar-refractivity contribution in [1.29, 1.82) is 0 Å². The fraction of sp³-hybridized carbons (Fsp3) is 0.286. The van der Waals surface area contributed by atoms with Crippen molar-refractivity contribution in [1.82, 2.24) is 15.3 Å². The zero-order chi connectivity index (χ0) is 14.7. The highest BCUT2D eigenvalue weighted by atomic mass is 79.9. The van der Waals surface area contributed by atoms with Gasteiger partial charge < -0.3 is 5.32 Å². The van der Waals surface area contributed by atoms with Gasteiger partial charge in [0, 0.05) is 16.2 Å². The first kappa shape index (κ1) is 15.4. The molecule has 2 rings (SSSR count). The highest BCUT2D eigenvalue weighted by Crippen LogP contribution is 2.32. The summed E-state index contributed by atoms with van der Waals surface area (Å²) in [6.45, 7) is 4.44. The highest BCUT2D eigenvalue weighted by Gasteiger charge is 2.21. The molecule has 3 nitrogen and oxygen atoms in total. The Morgan fingerprint density at radius 2 is 2.15 bits per heavy atom. The van der Waals surface area contributed by atoms with Crippen LogP contribution in [0.25, 0.3) is 0 Å². The summed E-state index contributed by atoms with van der Waals surface area (Å²) in [6, 6.07) is 4.86. The molecule has 0 amide bonds. The van der Waals surface area contributed by atoms with Crippen molar-refractivity contribution in [2.45, 2.75) is 19.9 Å². The molecule has 1 heterocycles. The van der Waals surface area contributed by atoms with E-state index in [1.54, 1.807) is 31.3 Å². The number of aromatic nitrogens is 2. The molecule has 0 saturated carbocycles. The van der Waals surface area contributed by atoms with Gasteiger partial charge in [0.05, 0.1) is 16.8 Å². The minimum Gasteiger partial charge on any atom is -0.305 e. The summed E-state index contributed by atoms with van der Waals surface area (Å²) in [5, 5.41) is 3.31. The SMILES string of the molecule is CCNC(c1ccnc(C)n1)c1ccc(Br)c(Cl)c1F. The van der Waals surface area contributed by atoms with Crippen LogP contribution in [-0.4, -0.2) is 16.5 Å². The number of nitrogens with one attached hydrogen (secondary N) is 1. The number of aryl methyl sites for hydroxylation is 1. The first-order valence-electron chi connectivity index (χ1n) is 6.21. The van der Waals surface area contributed by atoms with E-state index in [1.165, 1.54) is 0 Å². The Morgan fingerprint density at radius 3 is 2.80 bits per heavy atom. The summed E-state index contributed by atoms with van der Waals surface area (Å²) in [6.07, 6.45) is 1.67.